The van der Waals surface area contributed by atoms with Crippen LogP contribution in [0.2, 0.25) is 0 Å². The van der Waals surface area contributed by atoms with Gasteiger partial charge < -0.3 is 4.74 Å². The SMILES string of the molecule is COC(=O)C[C@H]1CC[C@H](Cl)C1. The molecular formula is C8H13ClO2. The molecule has 2 nitrogen and oxygen atoms in total. The summed E-state index contributed by atoms with van der Waals surface area (Å²) in [6, 6.07) is 0. The Morgan fingerprint density at radius 1 is 1.64 bits per heavy atom. The van der Waals surface area contributed by atoms with Crippen LogP contribution < -0.4 is 0 Å². The van der Waals surface area contributed by atoms with Crippen molar-refractivity contribution in [1.29, 1.82) is 0 Å². The summed E-state index contributed by atoms with van der Waals surface area (Å²) in [4.78, 5) is 10.8. The maximum atomic E-state index is 10.8. The van der Waals surface area contributed by atoms with Crippen molar-refractivity contribution in [1.82, 2.24) is 0 Å². The molecule has 0 unspecified atom stereocenters. The monoisotopic (exact) mass is 176 g/mol. The predicted molar refractivity (Wildman–Crippen MR) is 43.6 cm³/mol. The molecule has 1 aliphatic carbocycles. The zero-order chi connectivity index (χ0) is 8.27. The summed E-state index contributed by atoms with van der Waals surface area (Å²) in [6.07, 6.45) is 3.63. The topological polar surface area (TPSA) is 26.3 Å². The minimum atomic E-state index is -0.110. The van der Waals surface area contributed by atoms with Gasteiger partial charge in [-0.2, -0.15) is 0 Å². The second-order valence-electron chi connectivity index (χ2n) is 3.06. The summed E-state index contributed by atoms with van der Waals surface area (Å²) in [5.41, 5.74) is 0. The fourth-order valence-corrected chi connectivity index (χ4v) is 1.90. The van der Waals surface area contributed by atoms with Gasteiger partial charge in [-0.05, 0) is 25.2 Å². The van der Waals surface area contributed by atoms with E-state index in [-0.39, 0.29) is 11.3 Å². The van der Waals surface area contributed by atoms with Gasteiger partial charge in [0.05, 0.1) is 7.11 Å². The second kappa shape index (κ2) is 3.96. The molecule has 0 aromatic rings. The summed E-state index contributed by atoms with van der Waals surface area (Å²) in [5, 5.41) is 0.282. The average Bonchev–Trinajstić information content (AvgIpc) is 2.35. The summed E-state index contributed by atoms with van der Waals surface area (Å²) >= 11 is 5.88. The van der Waals surface area contributed by atoms with Crippen molar-refractivity contribution in [3.63, 3.8) is 0 Å². The van der Waals surface area contributed by atoms with Gasteiger partial charge >= 0.3 is 5.97 Å². The van der Waals surface area contributed by atoms with E-state index in [1.807, 2.05) is 0 Å². The van der Waals surface area contributed by atoms with Gasteiger partial charge in [-0.15, -0.1) is 11.6 Å². The van der Waals surface area contributed by atoms with Crippen LogP contribution >= 0.6 is 11.6 Å². The van der Waals surface area contributed by atoms with E-state index < -0.39 is 0 Å². The molecule has 1 aliphatic rings. The zero-order valence-electron chi connectivity index (χ0n) is 6.68. The van der Waals surface area contributed by atoms with Crippen LogP contribution in [0.3, 0.4) is 0 Å². The lowest BCUT2D eigenvalue weighted by atomic mass is 10.0. The Bertz CT molecular complexity index is 147. The fourth-order valence-electron chi connectivity index (χ4n) is 1.52. The highest BCUT2D eigenvalue weighted by atomic mass is 35.5. The minimum Gasteiger partial charge on any atom is -0.469 e. The normalized spacial score (nSPS) is 30.4. The molecule has 0 spiro atoms. The van der Waals surface area contributed by atoms with Gasteiger partial charge in [0.25, 0.3) is 0 Å². The van der Waals surface area contributed by atoms with Crippen molar-refractivity contribution in [2.75, 3.05) is 7.11 Å². The first kappa shape index (κ1) is 8.85. The first-order valence-electron chi connectivity index (χ1n) is 3.93. The van der Waals surface area contributed by atoms with Gasteiger partial charge in [-0.25, -0.2) is 0 Å². The lowest BCUT2D eigenvalue weighted by Crippen LogP contribution is -2.07. The maximum absolute atomic E-state index is 10.8. The zero-order valence-corrected chi connectivity index (χ0v) is 7.43. The lowest BCUT2D eigenvalue weighted by Gasteiger charge is -2.05. The van der Waals surface area contributed by atoms with Crippen molar-refractivity contribution in [3.8, 4) is 0 Å². The van der Waals surface area contributed by atoms with Gasteiger partial charge in [0.2, 0.25) is 0 Å². The smallest absolute Gasteiger partial charge is 0.305 e. The molecule has 1 rings (SSSR count). The molecule has 0 bridgehead atoms. The Kier molecular flexibility index (Phi) is 3.18. The Balaban J connectivity index is 2.23. The number of halogens is 1. The number of carbonyl (C=O) groups is 1. The predicted octanol–water partition coefficient (Wildman–Crippen LogP) is 1.96. The van der Waals surface area contributed by atoms with Crippen LogP contribution in [0, 0.1) is 5.92 Å². The van der Waals surface area contributed by atoms with E-state index in [1.165, 1.54) is 7.11 Å². The maximum Gasteiger partial charge on any atom is 0.305 e. The molecule has 11 heavy (non-hydrogen) atoms. The van der Waals surface area contributed by atoms with Gasteiger partial charge in [0.1, 0.15) is 0 Å². The van der Waals surface area contributed by atoms with Crippen LogP contribution in [0.1, 0.15) is 25.7 Å². The van der Waals surface area contributed by atoms with Gasteiger partial charge in [-0.1, -0.05) is 0 Å². The van der Waals surface area contributed by atoms with Crippen LogP contribution in [0.4, 0.5) is 0 Å². The number of methoxy groups -OCH3 is 1. The van der Waals surface area contributed by atoms with E-state index in [9.17, 15) is 4.79 Å². The van der Waals surface area contributed by atoms with Crippen LogP contribution in [0.25, 0.3) is 0 Å². The van der Waals surface area contributed by atoms with Crippen molar-refractivity contribution in [2.24, 2.45) is 5.92 Å². The van der Waals surface area contributed by atoms with Crippen LogP contribution in [0.5, 0.6) is 0 Å². The Labute approximate surface area is 71.9 Å². The van der Waals surface area contributed by atoms with E-state index in [2.05, 4.69) is 4.74 Å². The fraction of sp³-hybridized carbons (Fsp3) is 0.875. The molecular weight excluding hydrogens is 164 g/mol. The molecule has 0 aliphatic heterocycles. The van der Waals surface area contributed by atoms with Gasteiger partial charge in [0, 0.05) is 11.8 Å². The Morgan fingerprint density at radius 3 is 2.82 bits per heavy atom. The highest BCUT2D eigenvalue weighted by Crippen LogP contribution is 2.31. The quantitative estimate of drug-likeness (QED) is 0.475. The Morgan fingerprint density at radius 2 is 2.36 bits per heavy atom. The molecule has 64 valence electrons. The van der Waals surface area contributed by atoms with E-state index >= 15 is 0 Å². The van der Waals surface area contributed by atoms with Crippen molar-refractivity contribution in [3.05, 3.63) is 0 Å². The standard InChI is InChI=1S/C8H13ClO2/c1-11-8(10)5-6-2-3-7(9)4-6/h6-7H,2-5H2,1H3/t6-,7-/m0/s1. The van der Waals surface area contributed by atoms with Crippen LogP contribution in [-0.4, -0.2) is 18.5 Å². The third-order valence-corrected chi connectivity index (χ3v) is 2.56. The highest BCUT2D eigenvalue weighted by molar-refractivity contribution is 6.20. The molecule has 0 aromatic heterocycles. The van der Waals surface area contributed by atoms with E-state index in [4.69, 9.17) is 11.6 Å². The second-order valence-corrected chi connectivity index (χ2v) is 3.67. The summed E-state index contributed by atoms with van der Waals surface area (Å²) in [6.45, 7) is 0. The first-order valence-corrected chi connectivity index (χ1v) is 4.37. The molecule has 1 saturated carbocycles. The molecule has 0 amide bonds. The van der Waals surface area contributed by atoms with Crippen LogP contribution in [-0.2, 0) is 9.53 Å². The third-order valence-electron chi connectivity index (χ3n) is 2.16. The first-order chi connectivity index (χ1) is 5.22. The highest BCUT2D eigenvalue weighted by Gasteiger charge is 2.24. The van der Waals surface area contributed by atoms with Crippen LogP contribution in [0.15, 0.2) is 0 Å². The minimum absolute atomic E-state index is 0.110. The number of rotatable bonds is 2. The van der Waals surface area contributed by atoms with Crippen molar-refractivity contribution >= 4 is 17.6 Å². The van der Waals surface area contributed by atoms with Crippen molar-refractivity contribution in [2.45, 2.75) is 31.1 Å². The number of alkyl halides is 1. The molecule has 0 saturated heterocycles. The van der Waals surface area contributed by atoms with Crippen molar-refractivity contribution < 1.29 is 9.53 Å². The summed E-state index contributed by atoms with van der Waals surface area (Å²) < 4.78 is 4.57. The summed E-state index contributed by atoms with van der Waals surface area (Å²) in [5.74, 6) is 0.353. The lowest BCUT2D eigenvalue weighted by molar-refractivity contribution is -0.141. The molecule has 3 heteroatoms. The molecule has 0 aromatic carbocycles. The number of hydrogen-bond acceptors (Lipinski definition) is 2. The number of hydrogen-bond donors (Lipinski definition) is 0. The third kappa shape index (κ3) is 2.70. The van der Waals surface area contributed by atoms with E-state index in [0.29, 0.717) is 12.3 Å². The summed E-state index contributed by atoms with van der Waals surface area (Å²) in [7, 11) is 1.43. The number of ether oxygens (including phenoxy) is 1. The van der Waals surface area contributed by atoms with E-state index in [1.54, 1.807) is 0 Å². The number of esters is 1. The number of carbonyl (C=O) groups excluding carboxylic acids is 1. The molecule has 0 N–H and O–H groups in total. The molecule has 1 fully saturated rings. The van der Waals surface area contributed by atoms with E-state index in [0.717, 1.165) is 19.3 Å². The largest absolute Gasteiger partial charge is 0.469 e. The molecule has 0 heterocycles. The Hall–Kier alpha value is -0.240. The molecule has 0 radical (unpaired) electrons. The van der Waals surface area contributed by atoms with Gasteiger partial charge in [-0.3, -0.25) is 4.79 Å². The average molecular weight is 177 g/mol. The molecule has 2 atom stereocenters. The van der Waals surface area contributed by atoms with Gasteiger partial charge in [0.15, 0.2) is 0 Å².